The maximum Gasteiger partial charge on any atom is 0.490 e. The van der Waals surface area contributed by atoms with Gasteiger partial charge in [0.2, 0.25) is 17.7 Å². The third-order valence-corrected chi connectivity index (χ3v) is 4.49. The molecule has 0 aliphatic heterocycles. The van der Waals surface area contributed by atoms with Crippen molar-refractivity contribution in [1.82, 2.24) is 15.5 Å². The highest BCUT2D eigenvalue weighted by Gasteiger charge is 2.38. The number of ether oxygens (including phenoxy) is 1. The Balaban J connectivity index is 0.00000161. The van der Waals surface area contributed by atoms with Gasteiger partial charge in [0, 0.05) is 7.05 Å². The average molecular weight is 536 g/mol. The lowest BCUT2D eigenvalue weighted by atomic mass is 10.1. The molecule has 0 saturated heterocycles. The van der Waals surface area contributed by atoms with E-state index < -0.39 is 66.5 Å². The zero-order valence-electron chi connectivity index (χ0n) is 19.9. The topological polar surface area (TPSA) is 205 Å². The van der Waals surface area contributed by atoms with Crippen molar-refractivity contribution < 1.29 is 56.9 Å². The molecular formula is C21H27F3N4O9. The number of alkyl carbamates (subject to hydrolysis) is 1. The number of halogens is 3. The van der Waals surface area contributed by atoms with Crippen molar-refractivity contribution in [2.24, 2.45) is 5.73 Å². The molecule has 0 bridgehead atoms. The van der Waals surface area contributed by atoms with Crippen LogP contribution in [0, 0.1) is 0 Å². The zero-order valence-corrected chi connectivity index (χ0v) is 19.9. The van der Waals surface area contributed by atoms with E-state index in [2.05, 4.69) is 10.6 Å². The van der Waals surface area contributed by atoms with E-state index in [0.29, 0.717) is 0 Å². The molecule has 0 spiro atoms. The lowest BCUT2D eigenvalue weighted by Gasteiger charge is -2.28. The van der Waals surface area contributed by atoms with Gasteiger partial charge in [0.05, 0.1) is 6.42 Å². The highest BCUT2D eigenvalue weighted by atomic mass is 19.4. The van der Waals surface area contributed by atoms with Crippen LogP contribution < -0.4 is 16.4 Å². The normalized spacial score (nSPS) is 12.9. The maximum atomic E-state index is 12.5. The van der Waals surface area contributed by atoms with Crippen LogP contribution in [0.2, 0.25) is 0 Å². The molecule has 206 valence electrons. The number of likely N-dealkylation sites (N-methyl/N-ethyl adjacent to an activating group) is 1. The number of carboxylic acids is 2. The fourth-order valence-electron chi connectivity index (χ4n) is 2.37. The van der Waals surface area contributed by atoms with Crippen LogP contribution in [0.5, 0.6) is 0 Å². The van der Waals surface area contributed by atoms with Crippen LogP contribution in [-0.4, -0.2) is 82.2 Å². The number of primary amides is 1. The van der Waals surface area contributed by atoms with Gasteiger partial charge in [-0.25, -0.2) is 14.4 Å². The van der Waals surface area contributed by atoms with Crippen molar-refractivity contribution in [3.05, 3.63) is 35.9 Å². The molecule has 0 aromatic heterocycles. The van der Waals surface area contributed by atoms with Crippen molar-refractivity contribution in [3.8, 4) is 0 Å². The molecule has 0 radical (unpaired) electrons. The summed E-state index contributed by atoms with van der Waals surface area (Å²) < 4.78 is 36.8. The monoisotopic (exact) mass is 536 g/mol. The Morgan fingerprint density at radius 2 is 1.54 bits per heavy atom. The summed E-state index contributed by atoms with van der Waals surface area (Å²) in [5, 5.41) is 20.7. The van der Waals surface area contributed by atoms with Gasteiger partial charge in [-0.15, -0.1) is 0 Å². The summed E-state index contributed by atoms with van der Waals surface area (Å²) in [6, 6.07) is 5.38. The molecule has 3 unspecified atom stereocenters. The number of benzene rings is 1. The summed E-state index contributed by atoms with van der Waals surface area (Å²) in [4.78, 5) is 68.6. The van der Waals surface area contributed by atoms with Crippen molar-refractivity contribution in [1.29, 1.82) is 0 Å². The van der Waals surface area contributed by atoms with Gasteiger partial charge < -0.3 is 36.2 Å². The van der Waals surface area contributed by atoms with Gasteiger partial charge in [0.25, 0.3) is 0 Å². The van der Waals surface area contributed by atoms with E-state index in [9.17, 15) is 37.1 Å². The Hall–Kier alpha value is -4.37. The summed E-state index contributed by atoms with van der Waals surface area (Å²) in [5.41, 5.74) is 5.74. The molecule has 0 fully saturated rings. The highest BCUT2D eigenvalue weighted by molar-refractivity contribution is 5.93. The first kappa shape index (κ1) is 32.6. The van der Waals surface area contributed by atoms with Crippen LogP contribution in [0.15, 0.2) is 30.3 Å². The second-order valence-electron chi connectivity index (χ2n) is 7.43. The molecular weight excluding hydrogens is 509 g/mol. The Morgan fingerprint density at radius 1 is 1.03 bits per heavy atom. The number of amides is 4. The summed E-state index contributed by atoms with van der Waals surface area (Å²) in [7, 11) is 1.32. The van der Waals surface area contributed by atoms with Crippen molar-refractivity contribution >= 4 is 35.8 Å². The minimum atomic E-state index is -5.08. The standard InChI is InChI=1S/C19H26N4O7.C2HF3O2/c1-11(21-19(29)30-10-13-7-5-4-6-8-13)17(26)23(3)12(2)16(25)22-14(18(27)28)9-15(20)24;3-2(4,5)1(6)7/h4-8,11-12,14H,9-10H2,1-3H3,(H2,20,24)(H,21,29)(H,22,25)(H,27,28);(H,6,7). The number of alkyl halides is 3. The minimum absolute atomic E-state index is 0.0265. The lowest BCUT2D eigenvalue weighted by Crippen LogP contribution is -2.55. The van der Waals surface area contributed by atoms with Crippen LogP contribution in [0.3, 0.4) is 0 Å². The zero-order chi connectivity index (χ0) is 28.9. The van der Waals surface area contributed by atoms with Gasteiger partial charge in [-0.05, 0) is 19.4 Å². The number of carboxylic acid groups (broad SMARTS) is 2. The molecule has 4 amide bonds. The van der Waals surface area contributed by atoms with Crippen LogP contribution in [-0.2, 0) is 35.3 Å². The molecule has 0 aliphatic rings. The first-order chi connectivity index (χ1) is 17.0. The number of carbonyl (C=O) groups excluding carboxylic acids is 4. The van der Waals surface area contributed by atoms with E-state index in [1.807, 2.05) is 6.07 Å². The number of hydrogen-bond donors (Lipinski definition) is 5. The maximum absolute atomic E-state index is 12.5. The number of carbonyl (C=O) groups is 6. The lowest BCUT2D eigenvalue weighted by molar-refractivity contribution is -0.192. The van der Waals surface area contributed by atoms with Crippen LogP contribution in [0.25, 0.3) is 0 Å². The summed E-state index contributed by atoms with van der Waals surface area (Å²) in [6.45, 7) is 2.82. The SMILES string of the molecule is CC(NC(=O)OCc1ccccc1)C(=O)N(C)C(C)C(=O)NC(CC(N)=O)C(=O)O.O=C(O)C(F)(F)F. The molecule has 37 heavy (non-hydrogen) atoms. The van der Waals surface area contributed by atoms with Crippen LogP contribution in [0.1, 0.15) is 25.8 Å². The number of nitrogens with zero attached hydrogens (tertiary/aromatic N) is 1. The summed E-state index contributed by atoms with van der Waals surface area (Å²) in [5.74, 6) is -6.48. The third kappa shape index (κ3) is 12.8. The molecule has 6 N–H and O–H groups in total. The molecule has 16 heteroatoms. The highest BCUT2D eigenvalue weighted by Crippen LogP contribution is 2.13. The second kappa shape index (κ2) is 14.9. The van der Waals surface area contributed by atoms with E-state index >= 15 is 0 Å². The van der Waals surface area contributed by atoms with Gasteiger partial charge in [0.15, 0.2) is 0 Å². The molecule has 1 rings (SSSR count). The third-order valence-electron chi connectivity index (χ3n) is 4.49. The Labute approximate surface area is 208 Å². The number of nitrogens with one attached hydrogen (secondary N) is 2. The molecule has 1 aromatic rings. The van der Waals surface area contributed by atoms with Gasteiger partial charge in [0.1, 0.15) is 24.7 Å². The van der Waals surface area contributed by atoms with Crippen molar-refractivity contribution in [2.75, 3.05) is 7.05 Å². The molecule has 0 saturated carbocycles. The number of rotatable bonds is 10. The molecule has 3 atom stereocenters. The van der Waals surface area contributed by atoms with Gasteiger partial charge in [-0.2, -0.15) is 13.2 Å². The molecule has 13 nitrogen and oxygen atoms in total. The van der Waals surface area contributed by atoms with E-state index in [1.165, 1.54) is 20.9 Å². The van der Waals surface area contributed by atoms with E-state index in [1.54, 1.807) is 24.3 Å². The number of aliphatic carboxylic acids is 2. The van der Waals surface area contributed by atoms with Crippen LogP contribution in [0.4, 0.5) is 18.0 Å². The molecule has 0 heterocycles. The number of nitrogens with two attached hydrogens (primary N) is 1. The summed E-state index contributed by atoms with van der Waals surface area (Å²) >= 11 is 0. The fourth-order valence-corrected chi connectivity index (χ4v) is 2.37. The number of hydrogen-bond acceptors (Lipinski definition) is 7. The second-order valence-corrected chi connectivity index (χ2v) is 7.43. The molecule has 1 aromatic carbocycles. The first-order valence-corrected chi connectivity index (χ1v) is 10.3. The van der Waals surface area contributed by atoms with E-state index in [4.69, 9.17) is 25.5 Å². The Morgan fingerprint density at radius 3 is 1.97 bits per heavy atom. The molecule has 0 aliphatic carbocycles. The first-order valence-electron chi connectivity index (χ1n) is 10.3. The fraction of sp³-hybridized carbons (Fsp3) is 0.429. The predicted molar refractivity (Wildman–Crippen MR) is 119 cm³/mol. The van der Waals surface area contributed by atoms with Gasteiger partial charge in [-0.1, -0.05) is 30.3 Å². The Kier molecular flexibility index (Phi) is 13.1. The van der Waals surface area contributed by atoms with Crippen molar-refractivity contribution in [2.45, 2.75) is 51.2 Å². The van der Waals surface area contributed by atoms with Gasteiger partial charge in [-0.3, -0.25) is 14.4 Å². The Bertz CT molecular complexity index is 974. The predicted octanol–water partition coefficient (Wildman–Crippen LogP) is 0.226. The van der Waals surface area contributed by atoms with Crippen LogP contribution >= 0.6 is 0 Å². The summed E-state index contributed by atoms with van der Waals surface area (Å²) in [6.07, 6.45) is -6.48. The minimum Gasteiger partial charge on any atom is -0.480 e. The quantitative estimate of drug-likeness (QED) is 0.277. The van der Waals surface area contributed by atoms with E-state index in [-0.39, 0.29) is 6.61 Å². The van der Waals surface area contributed by atoms with Crippen molar-refractivity contribution in [3.63, 3.8) is 0 Å². The average Bonchev–Trinajstić information content (AvgIpc) is 2.80. The van der Waals surface area contributed by atoms with E-state index in [0.717, 1.165) is 10.5 Å². The smallest absolute Gasteiger partial charge is 0.480 e. The largest absolute Gasteiger partial charge is 0.490 e. The van der Waals surface area contributed by atoms with Gasteiger partial charge >= 0.3 is 24.2 Å².